The number of hydrogen-bond donors (Lipinski definition) is 1. The minimum absolute atomic E-state index is 0.0122. The summed E-state index contributed by atoms with van der Waals surface area (Å²) in [5, 5.41) is 4.07. The van der Waals surface area contributed by atoms with Crippen LogP contribution in [0.1, 0.15) is 47.4 Å². The van der Waals surface area contributed by atoms with Gasteiger partial charge in [0.15, 0.2) is 0 Å². The largest absolute Gasteiger partial charge is 0.481 e. The van der Waals surface area contributed by atoms with Gasteiger partial charge in [-0.15, -0.1) is 0 Å². The van der Waals surface area contributed by atoms with Gasteiger partial charge in [-0.05, 0) is 62.9 Å². The van der Waals surface area contributed by atoms with Crippen molar-refractivity contribution >= 4 is 34.1 Å². The van der Waals surface area contributed by atoms with Crippen LogP contribution in [0.5, 0.6) is 5.88 Å². The van der Waals surface area contributed by atoms with Gasteiger partial charge < -0.3 is 15.0 Å². The van der Waals surface area contributed by atoms with E-state index in [1.807, 2.05) is 4.90 Å². The molecular weight excluding hydrogens is 481 g/mol. The van der Waals surface area contributed by atoms with Gasteiger partial charge in [-0.25, -0.2) is 9.97 Å². The van der Waals surface area contributed by atoms with Crippen LogP contribution in [-0.2, 0) is 6.18 Å². The Morgan fingerprint density at radius 1 is 1.11 bits per heavy atom. The Balaban J connectivity index is 1.48. The number of aromatic nitrogens is 2. The summed E-state index contributed by atoms with van der Waals surface area (Å²) in [5.74, 6) is 0.250. The number of nitrogens with zero attached hydrogens (tertiary/aromatic N) is 3. The minimum Gasteiger partial charge on any atom is -0.481 e. The monoisotopic (exact) mass is 506 g/mol. The predicted molar refractivity (Wildman–Crippen MR) is 129 cm³/mol. The Kier molecular flexibility index (Phi) is 7.07. The molecule has 0 unspecified atom stereocenters. The molecular formula is C25H26ClF3N4O2. The van der Waals surface area contributed by atoms with E-state index in [0.717, 1.165) is 6.07 Å². The Hall–Kier alpha value is -3.07. The number of methoxy groups -OCH3 is 1. The number of aryl methyl sites for hydroxylation is 1. The van der Waals surface area contributed by atoms with Crippen LogP contribution in [-0.4, -0.2) is 42.1 Å². The van der Waals surface area contributed by atoms with Crippen molar-refractivity contribution in [1.29, 1.82) is 0 Å². The van der Waals surface area contributed by atoms with Crippen LogP contribution in [0, 0.1) is 6.92 Å². The fourth-order valence-corrected chi connectivity index (χ4v) is 4.75. The van der Waals surface area contributed by atoms with Crippen molar-refractivity contribution in [1.82, 2.24) is 15.3 Å². The summed E-state index contributed by atoms with van der Waals surface area (Å²) >= 11 is 6.14. The topological polar surface area (TPSA) is 67.3 Å². The van der Waals surface area contributed by atoms with E-state index in [1.54, 1.807) is 32.2 Å². The molecule has 0 aliphatic heterocycles. The third-order valence-electron chi connectivity index (χ3n) is 6.51. The Morgan fingerprint density at radius 2 is 1.83 bits per heavy atom. The van der Waals surface area contributed by atoms with Gasteiger partial charge in [0.2, 0.25) is 5.88 Å². The number of benzene rings is 1. The molecule has 1 amide bonds. The van der Waals surface area contributed by atoms with Gasteiger partial charge in [-0.1, -0.05) is 11.6 Å². The third-order valence-corrected chi connectivity index (χ3v) is 6.75. The first kappa shape index (κ1) is 25.0. The molecule has 2 heterocycles. The number of pyridine rings is 2. The van der Waals surface area contributed by atoms with Gasteiger partial charge in [0, 0.05) is 41.3 Å². The second-order valence-corrected chi connectivity index (χ2v) is 9.20. The Morgan fingerprint density at radius 3 is 2.46 bits per heavy atom. The number of anilines is 1. The molecule has 10 heteroatoms. The molecule has 35 heavy (non-hydrogen) atoms. The summed E-state index contributed by atoms with van der Waals surface area (Å²) in [4.78, 5) is 22.7. The van der Waals surface area contributed by atoms with Crippen molar-refractivity contribution in [3.05, 3.63) is 58.4 Å². The van der Waals surface area contributed by atoms with E-state index < -0.39 is 11.9 Å². The lowest BCUT2D eigenvalue weighted by Crippen LogP contribution is -2.43. The lowest BCUT2D eigenvalue weighted by Gasteiger charge is -2.37. The molecule has 1 fully saturated rings. The fraction of sp³-hybridized carbons (Fsp3) is 0.400. The van der Waals surface area contributed by atoms with Gasteiger partial charge in [-0.2, -0.15) is 13.2 Å². The summed E-state index contributed by atoms with van der Waals surface area (Å²) in [6, 6.07) is 9.10. The minimum atomic E-state index is -4.56. The van der Waals surface area contributed by atoms with Crippen LogP contribution in [0.15, 0.2) is 36.4 Å². The summed E-state index contributed by atoms with van der Waals surface area (Å²) < 4.78 is 45.6. The highest BCUT2D eigenvalue weighted by atomic mass is 35.5. The molecule has 1 N–H and O–H groups in total. The van der Waals surface area contributed by atoms with E-state index >= 15 is 0 Å². The highest BCUT2D eigenvalue weighted by molar-refractivity contribution is 6.31. The van der Waals surface area contributed by atoms with Gasteiger partial charge in [-0.3, -0.25) is 4.79 Å². The average Bonchev–Trinajstić information content (AvgIpc) is 2.82. The maximum Gasteiger partial charge on any atom is 0.433 e. The standard InChI is InChI=1S/C25H26ClF3N4O2/c1-14-18(9-11-23(30-14)35-3)24(34)31-16-5-7-17(8-6-16)33(2)21-13-22(25(27,28)29)32-20-10-4-15(26)12-19(20)21/h4,9-13,16-17H,5-8H2,1-3H3,(H,31,34). The molecule has 1 saturated carbocycles. The molecule has 1 aromatic carbocycles. The van der Waals surface area contributed by atoms with Crippen LogP contribution >= 0.6 is 11.6 Å². The van der Waals surface area contributed by atoms with E-state index in [9.17, 15) is 18.0 Å². The van der Waals surface area contributed by atoms with Crippen molar-refractivity contribution in [3.63, 3.8) is 0 Å². The molecule has 2 aromatic heterocycles. The molecule has 3 aromatic rings. The molecule has 1 aliphatic rings. The van der Waals surface area contributed by atoms with Crippen molar-refractivity contribution in [2.24, 2.45) is 0 Å². The first-order valence-electron chi connectivity index (χ1n) is 11.3. The van der Waals surface area contributed by atoms with Crippen LogP contribution in [0.25, 0.3) is 10.9 Å². The quantitative estimate of drug-likeness (QED) is 0.474. The maximum absolute atomic E-state index is 13.5. The predicted octanol–water partition coefficient (Wildman–Crippen LogP) is 5.80. The fourth-order valence-electron chi connectivity index (χ4n) is 4.58. The normalized spacial score (nSPS) is 18.4. The Bertz CT molecular complexity index is 1240. The molecule has 1 aliphatic carbocycles. The van der Waals surface area contributed by atoms with Gasteiger partial charge in [0.1, 0.15) is 5.69 Å². The lowest BCUT2D eigenvalue weighted by molar-refractivity contribution is -0.140. The SMILES string of the molecule is COc1ccc(C(=O)NC2CCC(N(C)c3cc(C(F)(F)F)nc4ccc(Cl)cc34)CC2)c(C)n1. The number of nitrogens with one attached hydrogen (secondary N) is 1. The van der Waals surface area contributed by atoms with Crippen LogP contribution in [0.3, 0.4) is 0 Å². The first-order valence-corrected chi connectivity index (χ1v) is 11.7. The zero-order valence-electron chi connectivity index (χ0n) is 19.6. The first-order chi connectivity index (χ1) is 16.6. The van der Waals surface area contributed by atoms with Crippen LogP contribution < -0.4 is 15.0 Å². The molecule has 0 atom stereocenters. The zero-order chi connectivity index (χ0) is 25.3. The second kappa shape index (κ2) is 9.89. The second-order valence-electron chi connectivity index (χ2n) is 8.76. The van der Waals surface area contributed by atoms with Crippen LogP contribution in [0.4, 0.5) is 18.9 Å². The lowest BCUT2D eigenvalue weighted by atomic mass is 9.89. The number of carbonyl (C=O) groups excluding carboxylic acids is 1. The molecule has 4 rings (SSSR count). The molecule has 186 valence electrons. The molecule has 0 bridgehead atoms. The van der Waals surface area contributed by atoms with Crippen molar-refractivity contribution in [2.75, 3.05) is 19.1 Å². The number of hydrogen-bond acceptors (Lipinski definition) is 5. The molecule has 0 radical (unpaired) electrons. The van der Waals surface area contributed by atoms with Gasteiger partial charge in [0.05, 0.1) is 23.9 Å². The average molecular weight is 507 g/mol. The van der Waals surface area contributed by atoms with Crippen molar-refractivity contribution in [3.8, 4) is 5.88 Å². The van der Waals surface area contributed by atoms with E-state index in [-0.39, 0.29) is 23.5 Å². The summed E-state index contributed by atoms with van der Waals surface area (Å²) in [5.41, 5.74) is 0.829. The third kappa shape index (κ3) is 5.45. The van der Waals surface area contributed by atoms with Gasteiger partial charge in [0.25, 0.3) is 5.91 Å². The summed E-state index contributed by atoms with van der Waals surface area (Å²) in [7, 11) is 3.32. The number of ether oxygens (including phenoxy) is 1. The van der Waals surface area contributed by atoms with E-state index in [0.29, 0.717) is 58.9 Å². The number of halogens is 4. The Labute approximate surface area is 206 Å². The van der Waals surface area contributed by atoms with E-state index in [4.69, 9.17) is 16.3 Å². The summed E-state index contributed by atoms with van der Waals surface area (Å²) in [6.07, 6.45) is -1.71. The smallest absolute Gasteiger partial charge is 0.433 e. The number of rotatable bonds is 5. The highest BCUT2D eigenvalue weighted by Gasteiger charge is 2.35. The zero-order valence-corrected chi connectivity index (χ0v) is 20.4. The highest BCUT2D eigenvalue weighted by Crippen LogP contribution is 2.37. The molecule has 0 saturated heterocycles. The van der Waals surface area contributed by atoms with Crippen molar-refractivity contribution in [2.45, 2.75) is 50.9 Å². The number of fused-ring (bicyclic) bond motifs is 1. The maximum atomic E-state index is 13.5. The van der Waals surface area contributed by atoms with E-state index in [1.165, 1.54) is 19.2 Å². The number of carbonyl (C=O) groups is 1. The number of amides is 1. The molecule has 0 spiro atoms. The number of alkyl halides is 3. The van der Waals surface area contributed by atoms with E-state index in [2.05, 4.69) is 15.3 Å². The van der Waals surface area contributed by atoms with Crippen molar-refractivity contribution < 1.29 is 22.7 Å². The van der Waals surface area contributed by atoms with Crippen LogP contribution in [0.2, 0.25) is 5.02 Å². The summed E-state index contributed by atoms with van der Waals surface area (Å²) in [6.45, 7) is 1.75. The van der Waals surface area contributed by atoms with Gasteiger partial charge >= 0.3 is 6.18 Å². The molecule has 6 nitrogen and oxygen atoms in total.